The molecule has 0 atom stereocenters. The van der Waals surface area contributed by atoms with Gasteiger partial charge in [0.2, 0.25) is 0 Å². The van der Waals surface area contributed by atoms with Gasteiger partial charge in [-0.15, -0.1) is 0 Å². The first kappa shape index (κ1) is 15.7. The molecule has 0 saturated carbocycles. The van der Waals surface area contributed by atoms with Crippen LogP contribution in [0, 0.1) is 0 Å². The largest absolute Gasteiger partial charge is 0.393 e. The van der Waals surface area contributed by atoms with Gasteiger partial charge in [-0.3, -0.25) is 0 Å². The van der Waals surface area contributed by atoms with Gasteiger partial charge >= 0.3 is 0 Å². The van der Waals surface area contributed by atoms with Crippen LogP contribution in [-0.4, -0.2) is 15.5 Å². The molecule has 0 unspecified atom stereocenters. The number of benzene rings is 1. The second kappa shape index (κ2) is 5.95. The summed E-state index contributed by atoms with van der Waals surface area (Å²) in [5.74, 6) is 1.07. The smallest absolute Gasteiger partial charge is 0.159 e. The molecule has 0 bridgehead atoms. The third-order valence-corrected chi connectivity index (χ3v) is 2.94. The standard InChI is InChI=1S/C14H17Cl2N5/c1-14(2,3)21-13-11(17)12(18-7-19-13)20-10-5-8(15)4-9(16)6-10/h4-7H,17H2,1-3H3,(H2,18,19,20,21). The Morgan fingerprint density at radius 1 is 1.00 bits per heavy atom. The number of rotatable bonds is 3. The average Bonchev–Trinajstić information content (AvgIpc) is 2.31. The van der Waals surface area contributed by atoms with E-state index in [0.29, 0.717) is 33.1 Å². The maximum atomic E-state index is 6.10. The molecule has 21 heavy (non-hydrogen) atoms. The van der Waals surface area contributed by atoms with Gasteiger partial charge in [-0.1, -0.05) is 23.2 Å². The van der Waals surface area contributed by atoms with E-state index < -0.39 is 0 Å². The molecule has 0 radical (unpaired) electrons. The Bertz CT molecular complexity index is 632. The van der Waals surface area contributed by atoms with Crippen molar-refractivity contribution >= 4 is 46.2 Å². The third-order valence-electron chi connectivity index (χ3n) is 2.50. The summed E-state index contributed by atoms with van der Waals surface area (Å²) in [6.45, 7) is 6.08. The van der Waals surface area contributed by atoms with Crippen molar-refractivity contribution in [1.29, 1.82) is 0 Å². The number of nitrogen functional groups attached to an aromatic ring is 1. The van der Waals surface area contributed by atoms with Crippen molar-refractivity contribution in [3.05, 3.63) is 34.6 Å². The topological polar surface area (TPSA) is 75.9 Å². The molecule has 1 aromatic carbocycles. The van der Waals surface area contributed by atoms with Crippen LogP contribution in [0.25, 0.3) is 0 Å². The molecule has 0 amide bonds. The second-order valence-corrected chi connectivity index (χ2v) is 6.52. The maximum Gasteiger partial charge on any atom is 0.159 e. The molecule has 112 valence electrons. The van der Waals surface area contributed by atoms with Gasteiger partial charge in [0.1, 0.15) is 12.0 Å². The van der Waals surface area contributed by atoms with Crippen LogP contribution in [0.1, 0.15) is 20.8 Å². The minimum Gasteiger partial charge on any atom is -0.393 e. The van der Waals surface area contributed by atoms with Gasteiger partial charge in [0.25, 0.3) is 0 Å². The fourth-order valence-corrected chi connectivity index (χ4v) is 2.24. The number of nitrogens with zero attached hydrogens (tertiary/aromatic N) is 2. The van der Waals surface area contributed by atoms with Crippen molar-refractivity contribution in [3.8, 4) is 0 Å². The lowest BCUT2D eigenvalue weighted by atomic mass is 10.1. The highest BCUT2D eigenvalue weighted by atomic mass is 35.5. The van der Waals surface area contributed by atoms with E-state index in [2.05, 4.69) is 20.6 Å². The van der Waals surface area contributed by atoms with Crippen LogP contribution in [0.2, 0.25) is 10.0 Å². The van der Waals surface area contributed by atoms with E-state index in [1.807, 2.05) is 20.8 Å². The molecule has 0 saturated heterocycles. The van der Waals surface area contributed by atoms with Crippen molar-refractivity contribution in [2.24, 2.45) is 0 Å². The summed E-state index contributed by atoms with van der Waals surface area (Å²) in [7, 11) is 0. The Labute approximate surface area is 133 Å². The number of nitrogens with one attached hydrogen (secondary N) is 2. The van der Waals surface area contributed by atoms with E-state index in [1.54, 1.807) is 18.2 Å². The number of halogens is 2. The zero-order valence-electron chi connectivity index (χ0n) is 12.0. The molecule has 0 spiro atoms. The van der Waals surface area contributed by atoms with Crippen LogP contribution in [0.15, 0.2) is 24.5 Å². The summed E-state index contributed by atoms with van der Waals surface area (Å²) in [6.07, 6.45) is 1.44. The van der Waals surface area contributed by atoms with E-state index in [4.69, 9.17) is 28.9 Å². The molecule has 1 aromatic heterocycles. The highest BCUT2D eigenvalue weighted by Crippen LogP contribution is 2.30. The van der Waals surface area contributed by atoms with Crippen LogP contribution >= 0.6 is 23.2 Å². The van der Waals surface area contributed by atoms with Gasteiger partial charge in [-0.2, -0.15) is 0 Å². The molecule has 7 heteroatoms. The Morgan fingerprint density at radius 3 is 2.14 bits per heavy atom. The van der Waals surface area contributed by atoms with Gasteiger partial charge < -0.3 is 16.4 Å². The molecular formula is C14H17Cl2N5. The van der Waals surface area contributed by atoms with Crippen LogP contribution in [-0.2, 0) is 0 Å². The summed E-state index contributed by atoms with van der Waals surface area (Å²) >= 11 is 11.9. The molecule has 2 rings (SSSR count). The van der Waals surface area contributed by atoms with Crippen LogP contribution < -0.4 is 16.4 Å². The van der Waals surface area contributed by atoms with Crippen LogP contribution in [0.4, 0.5) is 23.0 Å². The molecule has 2 aromatic rings. The van der Waals surface area contributed by atoms with Gasteiger partial charge in [-0.25, -0.2) is 9.97 Å². The minimum absolute atomic E-state index is 0.154. The Hall–Kier alpha value is -1.72. The van der Waals surface area contributed by atoms with Crippen molar-refractivity contribution in [2.45, 2.75) is 26.3 Å². The van der Waals surface area contributed by atoms with Crippen molar-refractivity contribution in [1.82, 2.24) is 9.97 Å². The summed E-state index contributed by atoms with van der Waals surface area (Å²) in [5, 5.41) is 7.39. The van der Waals surface area contributed by atoms with Crippen molar-refractivity contribution in [2.75, 3.05) is 16.4 Å². The summed E-state index contributed by atoms with van der Waals surface area (Å²) < 4.78 is 0. The van der Waals surface area contributed by atoms with Crippen LogP contribution in [0.5, 0.6) is 0 Å². The summed E-state index contributed by atoms with van der Waals surface area (Å²) in [4.78, 5) is 8.31. The van der Waals surface area contributed by atoms with Gasteiger partial charge in [0.15, 0.2) is 11.6 Å². The van der Waals surface area contributed by atoms with Gasteiger partial charge in [-0.05, 0) is 39.0 Å². The van der Waals surface area contributed by atoms with E-state index in [1.165, 1.54) is 6.33 Å². The summed E-state index contributed by atoms with van der Waals surface area (Å²) in [6, 6.07) is 5.14. The lowest BCUT2D eigenvalue weighted by molar-refractivity contribution is 0.630. The predicted octanol–water partition coefficient (Wildman–Crippen LogP) is 4.32. The van der Waals surface area contributed by atoms with E-state index in [-0.39, 0.29) is 5.54 Å². The molecular weight excluding hydrogens is 309 g/mol. The SMILES string of the molecule is CC(C)(C)Nc1ncnc(Nc2cc(Cl)cc(Cl)c2)c1N. The molecule has 0 aliphatic heterocycles. The quantitative estimate of drug-likeness (QED) is 0.783. The molecule has 0 fully saturated rings. The Balaban J connectivity index is 2.30. The summed E-state index contributed by atoms with van der Waals surface area (Å²) in [5.41, 5.74) is 7.09. The third kappa shape index (κ3) is 4.37. The Morgan fingerprint density at radius 2 is 1.57 bits per heavy atom. The van der Waals surface area contributed by atoms with Crippen molar-refractivity contribution < 1.29 is 0 Å². The normalized spacial score (nSPS) is 11.3. The highest BCUT2D eigenvalue weighted by Gasteiger charge is 2.15. The Kier molecular flexibility index (Phi) is 4.44. The molecule has 0 aliphatic rings. The fraction of sp³-hybridized carbons (Fsp3) is 0.286. The number of aromatic nitrogens is 2. The lowest BCUT2D eigenvalue weighted by Crippen LogP contribution is -2.27. The first-order valence-electron chi connectivity index (χ1n) is 6.36. The number of nitrogens with two attached hydrogens (primary N) is 1. The highest BCUT2D eigenvalue weighted by molar-refractivity contribution is 6.35. The van der Waals surface area contributed by atoms with E-state index in [0.717, 1.165) is 0 Å². The minimum atomic E-state index is -0.154. The molecule has 5 nitrogen and oxygen atoms in total. The number of hydrogen-bond acceptors (Lipinski definition) is 5. The monoisotopic (exact) mass is 325 g/mol. The zero-order chi connectivity index (χ0) is 15.6. The van der Waals surface area contributed by atoms with Crippen molar-refractivity contribution in [3.63, 3.8) is 0 Å². The molecule has 0 aliphatic carbocycles. The van der Waals surface area contributed by atoms with Gasteiger partial charge in [0, 0.05) is 21.3 Å². The average molecular weight is 326 g/mol. The maximum absolute atomic E-state index is 6.10. The van der Waals surface area contributed by atoms with Crippen LogP contribution in [0.3, 0.4) is 0 Å². The first-order valence-corrected chi connectivity index (χ1v) is 7.12. The van der Waals surface area contributed by atoms with E-state index in [9.17, 15) is 0 Å². The van der Waals surface area contributed by atoms with Gasteiger partial charge in [0.05, 0.1) is 0 Å². The fourth-order valence-electron chi connectivity index (χ4n) is 1.71. The lowest BCUT2D eigenvalue weighted by Gasteiger charge is -2.22. The molecule has 1 heterocycles. The first-order chi connectivity index (χ1) is 9.74. The molecule has 4 N–H and O–H groups in total. The number of hydrogen-bond donors (Lipinski definition) is 3. The number of anilines is 4. The second-order valence-electron chi connectivity index (χ2n) is 5.64. The predicted molar refractivity (Wildman–Crippen MR) is 89.6 cm³/mol. The zero-order valence-corrected chi connectivity index (χ0v) is 13.5. The van der Waals surface area contributed by atoms with E-state index >= 15 is 0 Å².